The number of rotatable bonds is 4. The molecule has 1 aliphatic heterocycles. The topological polar surface area (TPSA) is 85.2 Å². The summed E-state index contributed by atoms with van der Waals surface area (Å²) in [4.78, 5) is 11.9. The number of esters is 1. The lowest BCUT2D eigenvalue weighted by molar-refractivity contribution is -0.154. The van der Waals surface area contributed by atoms with Crippen LogP contribution in [0.4, 0.5) is 0 Å². The van der Waals surface area contributed by atoms with Crippen molar-refractivity contribution in [1.29, 1.82) is 0 Å². The molecule has 0 radical (unpaired) electrons. The summed E-state index contributed by atoms with van der Waals surface area (Å²) in [6.45, 7) is 1.51. The van der Waals surface area contributed by atoms with Crippen molar-refractivity contribution in [2.45, 2.75) is 43.0 Å². The van der Waals surface area contributed by atoms with E-state index < -0.39 is 24.0 Å². The highest BCUT2D eigenvalue weighted by Crippen LogP contribution is 2.40. The molecule has 20 heavy (non-hydrogen) atoms. The number of hydrogen-bond acceptors (Lipinski definition) is 7. The summed E-state index contributed by atoms with van der Waals surface area (Å²) in [7, 11) is 0. The van der Waals surface area contributed by atoms with E-state index >= 15 is 0 Å². The second kappa shape index (κ2) is 6.44. The summed E-state index contributed by atoms with van der Waals surface area (Å²) in [5, 5.41) is 18.3. The van der Waals surface area contributed by atoms with Crippen LogP contribution >= 0.6 is 12.6 Å². The SMILES string of the molecule is CCOC(=O)C1=CC2(CCC1S)O[C@H](CO)[C@@H](CO)O2. The molecule has 0 aromatic carbocycles. The van der Waals surface area contributed by atoms with Crippen LogP contribution in [0.1, 0.15) is 19.8 Å². The van der Waals surface area contributed by atoms with E-state index in [4.69, 9.17) is 14.2 Å². The van der Waals surface area contributed by atoms with E-state index in [1.165, 1.54) is 0 Å². The van der Waals surface area contributed by atoms with E-state index in [-0.39, 0.29) is 25.1 Å². The maximum atomic E-state index is 11.9. The predicted molar refractivity (Wildman–Crippen MR) is 73.4 cm³/mol. The molecule has 0 amide bonds. The Labute approximate surface area is 123 Å². The molecule has 0 saturated carbocycles. The number of ether oxygens (including phenoxy) is 3. The molecule has 0 aromatic rings. The number of aliphatic hydroxyl groups is 2. The van der Waals surface area contributed by atoms with Crippen LogP contribution in [0.3, 0.4) is 0 Å². The largest absolute Gasteiger partial charge is 0.463 e. The Morgan fingerprint density at radius 2 is 2.05 bits per heavy atom. The first-order valence-corrected chi connectivity index (χ1v) is 7.22. The van der Waals surface area contributed by atoms with Gasteiger partial charge in [0.15, 0.2) is 5.79 Å². The molecule has 1 heterocycles. The van der Waals surface area contributed by atoms with Gasteiger partial charge in [0.05, 0.1) is 25.4 Å². The third kappa shape index (κ3) is 3.01. The molecule has 1 saturated heterocycles. The lowest BCUT2D eigenvalue weighted by Gasteiger charge is -2.32. The first-order chi connectivity index (χ1) is 9.55. The van der Waals surface area contributed by atoms with E-state index in [9.17, 15) is 15.0 Å². The molecule has 3 atom stereocenters. The van der Waals surface area contributed by atoms with Crippen molar-refractivity contribution in [2.75, 3.05) is 19.8 Å². The third-order valence-electron chi connectivity index (χ3n) is 3.49. The number of thiol groups is 1. The smallest absolute Gasteiger partial charge is 0.335 e. The molecular weight excluding hydrogens is 284 g/mol. The normalized spacial score (nSPS) is 32.2. The minimum Gasteiger partial charge on any atom is -0.463 e. The van der Waals surface area contributed by atoms with E-state index in [1.54, 1.807) is 13.0 Å². The fourth-order valence-electron chi connectivity index (χ4n) is 2.50. The Morgan fingerprint density at radius 1 is 1.45 bits per heavy atom. The van der Waals surface area contributed by atoms with Gasteiger partial charge in [-0.2, -0.15) is 12.6 Å². The van der Waals surface area contributed by atoms with Crippen molar-refractivity contribution in [3.8, 4) is 0 Å². The van der Waals surface area contributed by atoms with Crippen LogP contribution in [0, 0.1) is 0 Å². The molecule has 6 nitrogen and oxygen atoms in total. The monoisotopic (exact) mass is 304 g/mol. The van der Waals surface area contributed by atoms with E-state index in [2.05, 4.69) is 12.6 Å². The Hall–Kier alpha value is -0.600. The van der Waals surface area contributed by atoms with Crippen LogP contribution in [-0.4, -0.2) is 59.2 Å². The molecule has 2 rings (SSSR count). The first-order valence-electron chi connectivity index (χ1n) is 6.70. The molecule has 0 aromatic heterocycles. The maximum absolute atomic E-state index is 11.9. The number of carbonyl (C=O) groups excluding carboxylic acids is 1. The zero-order valence-corrected chi connectivity index (χ0v) is 12.2. The average Bonchev–Trinajstić information content (AvgIpc) is 2.80. The number of aliphatic hydroxyl groups excluding tert-OH is 2. The molecule has 2 N–H and O–H groups in total. The standard InChI is InChI=1S/C13H20O6S/c1-2-17-12(16)8-5-13(4-3-11(8)20)18-9(6-14)10(7-15)19-13/h5,9-11,14-15,20H,2-4,6-7H2,1H3/t9-,10-,11?/m1/s1. The Morgan fingerprint density at radius 3 is 2.55 bits per heavy atom. The first kappa shape index (κ1) is 15.8. The second-order valence-corrected chi connectivity index (χ2v) is 5.49. The van der Waals surface area contributed by atoms with Gasteiger partial charge >= 0.3 is 5.97 Å². The lowest BCUT2D eigenvalue weighted by Crippen LogP contribution is -2.37. The molecule has 0 bridgehead atoms. The van der Waals surface area contributed by atoms with E-state index in [0.29, 0.717) is 18.4 Å². The summed E-state index contributed by atoms with van der Waals surface area (Å²) < 4.78 is 16.4. The van der Waals surface area contributed by atoms with Crippen LogP contribution in [-0.2, 0) is 19.0 Å². The Bertz CT molecular complexity index is 384. The van der Waals surface area contributed by atoms with Crippen LogP contribution in [0.25, 0.3) is 0 Å². The summed E-state index contributed by atoms with van der Waals surface area (Å²) in [6.07, 6.45) is 1.47. The van der Waals surface area contributed by atoms with Crippen molar-refractivity contribution >= 4 is 18.6 Å². The summed E-state index contributed by atoms with van der Waals surface area (Å²) in [5.74, 6) is -1.52. The fourth-order valence-corrected chi connectivity index (χ4v) is 2.80. The quantitative estimate of drug-likeness (QED) is 0.502. The van der Waals surface area contributed by atoms with E-state index in [1.807, 2.05) is 0 Å². The van der Waals surface area contributed by atoms with Gasteiger partial charge in [0.2, 0.25) is 0 Å². The summed E-state index contributed by atoms with van der Waals surface area (Å²) in [6, 6.07) is 0. The molecule has 7 heteroatoms. The van der Waals surface area contributed by atoms with Crippen LogP contribution < -0.4 is 0 Å². The third-order valence-corrected chi connectivity index (χ3v) is 4.02. The van der Waals surface area contributed by atoms with Crippen LogP contribution in [0.15, 0.2) is 11.6 Å². The zero-order chi connectivity index (χ0) is 14.8. The average molecular weight is 304 g/mol. The van der Waals surface area contributed by atoms with Gasteiger partial charge in [0.25, 0.3) is 0 Å². The molecule has 2 aliphatic rings. The number of hydrogen-bond donors (Lipinski definition) is 3. The zero-order valence-electron chi connectivity index (χ0n) is 11.3. The molecule has 114 valence electrons. The van der Waals surface area contributed by atoms with Gasteiger partial charge in [-0.15, -0.1) is 0 Å². The Balaban J connectivity index is 2.22. The minimum atomic E-state index is -1.08. The molecule has 1 aliphatic carbocycles. The summed E-state index contributed by atoms with van der Waals surface area (Å²) in [5.41, 5.74) is 0.400. The van der Waals surface area contributed by atoms with Gasteiger partial charge < -0.3 is 24.4 Å². The predicted octanol–water partition coefficient (Wildman–Crippen LogP) is 0.0330. The highest BCUT2D eigenvalue weighted by Gasteiger charge is 2.48. The van der Waals surface area contributed by atoms with Gasteiger partial charge in [0.1, 0.15) is 12.2 Å². The number of carbonyl (C=O) groups is 1. The minimum absolute atomic E-state index is 0.229. The van der Waals surface area contributed by atoms with Gasteiger partial charge in [-0.25, -0.2) is 4.79 Å². The second-order valence-electron chi connectivity index (χ2n) is 4.86. The van der Waals surface area contributed by atoms with Crippen LogP contribution in [0.5, 0.6) is 0 Å². The molecular formula is C13H20O6S. The van der Waals surface area contributed by atoms with Gasteiger partial charge in [-0.05, 0) is 19.4 Å². The molecule has 1 unspecified atom stereocenters. The van der Waals surface area contributed by atoms with Crippen molar-refractivity contribution in [3.63, 3.8) is 0 Å². The Kier molecular flexibility index (Phi) is 5.09. The van der Waals surface area contributed by atoms with Gasteiger partial charge in [-0.1, -0.05) is 0 Å². The van der Waals surface area contributed by atoms with Crippen molar-refractivity contribution < 1.29 is 29.2 Å². The maximum Gasteiger partial charge on any atom is 0.335 e. The molecule has 1 fully saturated rings. The summed E-state index contributed by atoms with van der Waals surface area (Å²) >= 11 is 4.38. The van der Waals surface area contributed by atoms with Crippen molar-refractivity contribution in [1.82, 2.24) is 0 Å². The van der Waals surface area contributed by atoms with Gasteiger partial charge in [0, 0.05) is 11.7 Å². The highest BCUT2D eigenvalue weighted by atomic mass is 32.1. The molecule has 1 spiro atoms. The van der Waals surface area contributed by atoms with E-state index in [0.717, 1.165) is 0 Å². The highest BCUT2D eigenvalue weighted by molar-refractivity contribution is 7.81. The lowest BCUT2D eigenvalue weighted by atomic mass is 9.94. The van der Waals surface area contributed by atoms with Gasteiger partial charge in [-0.3, -0.25) is 0 Å². The van der Waals surface area contributed by atoms with Crippen molar-refractivity contribution in [3.05, 3.63) is 11.6 Å². The van der Waals surface area contributed by atoms with Crippen LogP contribution in [0.2, 0.25) is 0 Å². The fraction of sp³-hybridized carbons (Fsp3) is 0.769. The van der Waals surface area contributed by atoms with Crippen molar-refractivity contribution in [2.24, 2.45) is 0 Å².